The summed E-state index contributed by atoms with van der Waals surface area (Å²) < 4.78 is 7.15. The third-order valence-corrected chi connectivity index (χ3v) is 6.54. The lowest BCUT2D eigenvalue weighted by Crippen LogP contribution is -2.30. The fraction of sp³-hybridized carbons (Fsp3) is 0.444. The summed E-state index contributed by atoms with van der Waals surface area (Å²) in [7, 11) is 0. The van der Waals surface area contributed by atoms with Crippen LogP contribution in [0.1, 0.15) is 56.6 Å². The van der Waals surface area contributed by atoms with Gasteiger partial charge in [-0.3, -0.25) is 14.2 Å². The Morgan fingerprint density at radius 3 is 2.65 bits per heavy atom. The zero-order chi connectivity index (χ0) is 24.1. The number of nitrogen functional groups attached to an aromatic ring is 1. The van der Waals surface area contributed by atoms with Crippen LogP contribution in [0.15, 0.2) is 41.2 Å². The highest BCUT2D eigenvalue weighted by Gasteiger charge is 2.21. The van der Waals surface area contributed by atoms with E-state index >= 15 is 0 Å². The van der Waals surface area contributed by atoms with E-state index < -0.39 is 5.97 Å². The van der Waals surface area contributed by atoms with Crippen molar-refractivity contribution in [3.05, 3.63) is 57.9 Å². The number of hydrogen-bond acceptors (Lipinski definition) is 5. The lowest BCUT2D eigenvalue weighted by Gasteiger charge is -2.16. The lowest BCUT2D eigenvalue weighted by molar-refractivity contribution is -0.136. The Balaban J connectivity index is 1.74. The highest BCUT2D eigenvalue weighted by Crippen LogP contribution is 2.28. The van der Waals surface area contributed by atoms with Crippen LogP contribution in [0.3, 0.4) is 0 Å². The Labute approximate surface area is 199 Å². The van der Waals surface area contributed by atoms with Crippen molar-refractivity contribution in [2.24, 2.45) is 0 Å². The normalized spacial score (nSPS) is 15.7. The van der Waals surface area contributed by atoms with Crippen LogP contribution in [0.2, 0.25) is 0 Å². The van der Waals surface area contributed by atoms with Crippen LogP contribution >= 0.6 is 0 Å². The average molecular weight is 464 g/mol. The second kappa shape index (κ2) is 10.8. The monoisotopic (exact) mass is 463 g/mol. The number of aromatic nitrogens is 2. The number of aryl methyl sites for hydroxylation is 2. The van der Waals surface area contributed by atoms with E-state index in [4.69, 9.17) is 10.5 Å². The van der Waals surface area contributed by atoms with Gasteiger partial charge in [-0.05, 0) is 60.4 Å². The van der Waals surface area contributed by atoms with Crippen LogP contribution in [0.4, 0.5) is 5.95 Å². The van der Waals surface area contributed by atoms with E-state index in [1.54, 1.807) is 0 Å². The van der Waals surface area contributed by atoms with E-state index in [1.165, 1.54) is 29.4 Å². The molecule has 0 saturated carbocycles. The lowest BCUT2D eigenvalue weighted by atomic mass is 9.96. The van der Waals surface area contributed by atoms with E-state index in [2.05, 4.69) is 36.2 Å². The highest BCUT2D eigenvalue weighted by molar-refractivity contribution is 5.88. The van der Waals surface area contributed by atoms with Gasteiger partial charge in [0.1, 0.15) is 0 Å². The fourth-order valence-electron chi connectivity index (χ4n) is 4.66. The van der Waals surface area contributed by atoms with Gasteiger partial charge in [-0.1, -0.05) is 50.1 Å². The molecule has 0 radical (unpaired) electrons. The number of hydrogen-bond donors (Lipinski definition) is 2. The molecule has 1 aromatic heterocycles. The fourth-order valence-corrected chi connectivity index (χ4v) is 4.66. The average Bonchev–Trinajstić information content (AvgIpc) is 3.34. The zero-order valence-corrected chi connectivity index (χ0v) is 19.8. The molecule has 3 N–H and O–H groups in total. The Hall–Kier alpha value is -3.19. The van der Waals surface area contributed by atoms with Gasteiger partial charge in [-0.25, -0.2) is 4.98 Å². The predicted octanol–water partition coefficient (Wildman–Crippen LogP) is 4.57. The number of carboxylic acids is 1. The first kappa shape index (κ1) is 24.0. The second-order valence-electron chi connectivity index (χ2n) is 9.10. The number of anilines is 1. The van der Waals surface area contributed by atoms with Crippen molar-refractivity contribution in [1.29, 1.82) is 0 Å². The third kappa shape index (κ3) is 5.47. The minimum absolute atomic E-state index is 0.0585. The molecule has 0 aliphatic carbocycles. The first-order valence-corrected chi connectivity index (χ1v) is 12.2. The van der Waals surface area contributed by atoms with Crippen LogP contribution in [-0.2, 0) is 28.9 Å². The molecule has 7 nitrogen and oxygen atoms in total. The highest BCUT2D eigenvalue weighted by atomic mass is 16.5. The molecular formula is C27H33N3O4. The summed E-state index contributed by atoms with van der Waals surface area (Å²) in [6.45, 7) is 3.24. The number of unbranched alkanes of at least 4 members (excludes halogenated alkanes) is 2. The molecule has 0 amide bonds. The van der Waals surface area contributed by atoms with E-state index in [-0.39, 0.29) is 30.5 Å². The van der Waals surface area contributed by atoms with E-state index in [0.29, 0.717) is 29.6 Å². The molecule has 4 rings (SSSR count). The number of rotatable bonds is 10. The zero-order valence-electron chi connectivity index (χ0n) is 19.8. The smallest absolute Gasteiger partial charge is 0.303 e. The summed E-state index contributed by atoms with van der Waals surface area (Å²) in [6.07, 6.45) is 6.60. The molecule has 1 saturated heterocycles. The third-order valence-electron chi connectivity index (χ3n) is 6.54. The predicted molar refractivity (Wildman–Crippen MR) is 134 cm³/mol. The number of carboxylic acid groups (broad SMARTS) is 1. The number of benzene rings is 2. The minimum Gasteiger partial charge on any atom is -0.481 e. The van der Waals surface area contributed by atoms with E-state index in [1.807, 2.05) is 12.1 Å². The van der Waals surface area contributed by atoms with Gasteiger partial charge in [0, 0.05) is 13.0 Å². The van der Waals surface area contributed by atoms with Crippen LogP contribution in [0.5, 0.6) is 0 Å². The van der Waals surface area contributed by atoms with Crippen molar-refractivity contribution in [1.82, 2.24) is 9.55 Å². The van der Waals surface area contributed by atoms with Crippen molar-refractivity contribution in [2.75, 3.05) is 12.3 Å². The Morgan fingerprint density at radius 2 is 1.97 bits per heavy atom. The van der Waals surface area contributed by atoms with Gasteiger partial charge in [0.25, 0.3) is 5.56 Å². The molecule has 1 atom stereocenters. The summed E-state index contributed by atoms with van der Waals surface area (Å²) in [5.41, 5.74) is 10.3. The van der Waals surface area contributed by atoms with Gasteiger partial charge < -0.3 is 15.6 Å². The largest absolute Gasteiger partial charge is 0.481 e. The van der Waals surface area contributed by atoms with Crippen molar-refractivity contribution >= 4 is 22.8 Å². The molecule has 2 heterocycles. The number of aliphatic carboxylic acids is 1. The van der Waals surface area contributed by atoms with E-state index in [9.17, 15) is 14.7 Å². The van der Waals surface area contributed by atoms with Crippen LogP contribution in [0, 0.1) is 0 Å². The molecule has 180 valence electrons. The van der Waals surface area contributed by atoms with Gasteiger partial charge in [0.15, 0.2) is 0 Å². The molecule has 1 fully saturated rings. The molecule has 2 aromatic carbocycles. The SMILES string of the molecule is CCCCCc1ccc(-c2cc(CCC(=O)O)c3c(=O)n(CC4CCCO4)c(N)nc3c2)cc1. The first-order valence-electron chi connectivity index (χ1n) is 12.2. The molecule has 1 unspecified atom stereocenters. The van der Waals surface area contributed by atoms with Crippen molar-refractivity contribution in [3.63, 3.8) is 0 Å². The number of ether oxygens (including phenoxy) is 1. The molecule has 1 aliphatic rings. The maximum absolute atomic E-state index is 13.5. The number of nitrogens with zero attached hydrogens (tertiary/aromatic N) is 2. The summed E-state index contributed by atoms with van der Waals surface area (Å²) in [6, 6.07) is 12.2. The summed E-state index contributed by atoms with van der Waals surface area (Å²) in [4.78, 5) is 29.3. The van der Waals surface area contributed by atoms with Gasteiger partial charge in [0.2, 0.25) is 5.95 Å². The number of nitrogens with two attached hydrogens (primary N) is 1. The van der Waals surface area contributed by atoms with Crippen LogP contribution in [-0.4, -0.2) is 33.3 Å². The summed E-state index contributed by atoms with van der Waals surface area (Å²) in [5.74, 6) is -0.751. The summed E-state index contributed by atoms with van der Waals surface area (Å²) in [5, 5.41) is 9.71. The van der Waals surface area contributed by atoms with Gasteiger partial charge >= 0.3 is 5.97 Å². The molecule has 1 aliphatic heterocycles. The minimum atomic E-state index is -0.905. The Bertz CT molecular complexity index is 1210. The number of fused-ring (bicyclic) bond motifs is 1. The van der Waals surface area contributed by atoms with E-state index in [0.717, 1.165) is 30.4 Å². The Kier molecular flexibility index (Phi) is 7.63. The molecule has 0 bridgehead atoms. The van der Waals surface area contributed by atoms with Crippen molar-refractivity contribution in [2.45, 2.75) is 70.9 Å². The Morgan fingerprint density at radius 1 is 1.18 bits per heavy atom. The first-order chi connectivity index (χ1) is 16.5. The molecule has 7 heteroatoms. The quantitative estimate of drug-likeness (QED) is 0.426. The molecular weight excluding hydrogens is 430 g/mol. The maximum Gasteiger partial charge on any atom is 0.303 e. The standard InChI is InChI=1S/C27H33N3O4/c1-2-3-4-6-18-8-10-19(11-9-18)21-15-20(12-13-24(31)32)25-23(16-21)29-27(28)30(26(25)33)17-22-7-5-14-34-22/h8-11,15-16,22H,2-7,12-14,17H2,1H3,(H2,28,29)(H,31,32). The van der Waals surface area contributed by atoms with Gasteiger partial charge in [-0.2, -0.15) is 0 Å². The van der Waals surface area contributed by atoms with Crippen LogP contribution in [0.25, 0.3) is 22.0 Å². The topological polar surface area (TPSA) is 107 Å². The van der Waals surface area contributed by atoms with Crippen molar-refractivity contribution in [3.8, 4) is 11.1 Å². The molecule has 0 spiro atoms. The number of carbonyl (C=O) groups is 1. The van der Waals surface area contributed by atoms with Gasteiger partial charge in [0.05, 0.1) is 23.6 Å². The van der Waals surface area contributed by atoms with Crippen molar-refractivity contribution < 1.29 is 14.6 Å². The molecule has 3 aromatic rings. The second-order valence-corrected chi connectivity index (χ2v) is 9.10. The summed E-state index contributed by atoms with van der Waals surface area (Å²) >= 11 is 0. The van der Waals surface area contributed by atoms with Gasteiger partial charge in [-0.15, -0.1) is 0 Å². The van der Waals surface area contributed by atoms with Crippen LogP contribution < -0.4 is 11.3 Å². The maximum atomic E-state index is 13.5. The molecule has 34 heavy (non-hydrogen) atoms.